The van der Waals surface area contributed by atoms with Crippen molar-refractivity contribution in [1.29, 1.82) is 0 Å². The van der Waals surface area contributed by atoms with E-state index in [-0.39, 0.29) is 0 Å². The van der Waals surface area contributed by atoms with Crippen LogP contribution in [0, 0.1) is 0 Å². The van der Waals surface area contributed by atoms with Gasteiger partial charge in [-0.3, -0.25) is 0 Å². The second kappa shape index (κ2) is 3.84. The van der Waals surface area contributed by atoms with Gasteiger partial charge in [0.1, 0.15) is 0 Å². The van der Waals surface area contributed by atoms with Crippen molar-refractivity contribution in [2.24, 2.45) is 0 Å². The van der Waals surface area contributed by atoms with E-state index in [2.05, 4.69) is 26.2 Å². The van der Waals surface area contributed by atoms with Gasteiger partial charge in [0.25, 0.3) is 0 Å². The number of rotatable bonds is 4. The second-order valence-corrected chi connectivity index (χ2v) is 19.4. The van der Waals surface area contributed by atoms with E-state index in [1.165, 1.54) is 0 Å². The van der Waals surface area contributed by atoms with Crippen LogP contribution in [0.2, 0.25) is 26.2 Å². The molecular formula is C7H20O2Si2. The van der Waals surface area contributed by atoms with Crippen LogP contribution in [0.5, 0.6) is 0 Å². The Kier molecular flexibility index (Phi) is 3.97. The molecule has 4 heteroatoms. The molecule has 0 aliphatic heterocycles. The lowest BCUT2D eigenvalue weighted by Crippen LogP contribution is -2.60. The van der Waals surface area contributed by atoms with E-state index in [4.69, 9.17) is 9.16 Å². The number of methoxy groups -OCH3 is 1. The average Bonchev–Trinajstić information content (AvgIpc) is 1.86. The van der Waals surface area contributed by atoms with Crippen molar-refractivity contribution in [3.63, 3.8) is 0 Å². The van der Waals surface area contributed by atoms with Crippen LogP contribution in [0.3, 0.4) is 0 Å². The van der Waals surface area contributed by atoms with Gasteiger partial charge < -0.3 is 9.16 Å². The van der Waals surface area contributed by atoms with Gasteiger partial charge in [-0.25, -0.2) is 0 Å². The van der Waals surface area contributed by atoms with Gasteiger partial charge in [0.15, 0.2) is 0 Å². The zero-order chi connectivity index (χ0) is 9.12. The zero-order valence-corrected chi connectivity index (χ0v) is 10.5. The van der Waals surface area contributed by atoms with E-state index in [1.807, 2.05) is 7.11 Å². The molecule has 0 aliphatic carbocycles. The molecule has 11 heavy (non-hydrogen) atoms. The molecule has 0 fully saturated rings. The number of hydrogen-bond donors (Lipinski definition) is 0. The summed E-state index contributed by atoms with van der Waals surface area (Å²) in [4.78, 5) is 0. The highest BCUT2D eigenvalue weighted by Gasteiger charge is 2.42. The van der Waals surface area contributed by atoms with Gasteiger partial charge in [-0.1, -0.05) is 19.6 Å². The number of hydrogen-bond acceptors (Lipinski definition) is 2. The Bertz CT molecular complexity index is 122. The second-order valence-electron chi connectivity index (χ2n) is 4.12. The summed E-state index contributed by atoms with van der Waals surface area (Å²) in [5, 5.41) is 0. The zero-order valence-electron chi connectivity index (χ0n) is 8.52. The molecule has 0 spiro atoms. The van der Waals surface area contributed by atoms with Crippen LogP contribution in [0.4, 0.5) is 0 Å². The monoisotopic (exact) mass is 192 g/mol. The minimum atomic E-state index is -1.51. The van der Waals surface area contributed by atoms with Gasteiger partial charge >= 0.3 is 0 Å². The molecule has 0 saturated heterocycles. The molecule has 0 aromatic carbocycles. The van der Waals surface area contributed by atoms with Crippen molar-refractivity contribution in [3.05, 3.63) is 0 Å². The molecule has 0 rings (SSSR count). The topological polar surface area (TPSA) is 18.5 Å². The minimum absolute atomic E-state index is 0.833. The molecule has 0 radical (unpaired) electrons. The standard InChI is InChI=1S/C7H20O2Si2/c1-8-7-11(6,9-2)10(3,4)5/h7H2,1-6H3. The fourth-order valence-electron chi connectivity index (χ4n) is 0.857. The Labute approximate surface area is 71.8 Å². The van der Waals surface area contributed by atoms with Crippen molar-refractivity contribution in [2.45, 2.75) is 26.2 Å². The van der Waals surface area contributed by atoms with E-state index in [9.17, 15) is 0 Å². The Morgan fingerprint density at radius 3 is 1.55 bits per heavy atom. The molecule has 0 aromatic heterocycles. The van der Waals surface area contributed by atoms with Crippen molar-refractivity contribution in [1.82, 2.24) is 0 Å². The van der Waals surface area contributed by atoms with Crippen LogP contribution in [-0.4, -0.2) is 35.9 Å². The summed E-state index contributed by atoms with van der Waals surface area (Å²) in [5.41, 5.74) is 0. The largest absolute Gasteiger partial charge is 0.421 e. The van der Waals surface area contributed by atoms with Crippen molar-refractivity contribution >= 4 is 15.4 Å². The van der Waals surface area contributed by atoms with Gasteiger partial charge in [-0.2, -0.15) is 0 Å². The first-order valence-electron chi connectivity index (χ1n) is 3.91. The Hall–Kier alpha value is 0.354. The summed E-state index contributed by atoms with van der Waals surface area (Å²) in [6, 6.07) is 0. The molecule has 0 saturated carbocycles. The maximum absolute atomic E-state index is 5.62. The molecule has 0 heterocycles. The first-order chi connectivity index (χ1) is 4.87. The maximum Gasteiger partial charge on any atom is 0.200 e. The molecular weight excluding hydrogens is 172 g/mol. The van der Waals surface area contributed by atoms with Crippen LogP contribution in [0.15, 0.2) is 0 Å². The molecule has 0 aliphatic rings. The molecule has 0 bridgehead atoms. The van der Waals surface area contributed by atoms with Gasteiger partial charge in [0, 0.05) is 14.2 Å². The lowest BCUT2D eigenvalue weighted by atomic mass is 11.5. The smallest absolute Gasteiger partial charge is 0.200 e. The molecule has 68 valence electrons. The minimum Gasteiger partial charge on any atom is -0.421 e. The van der Waals surface area contributed by atoms with Crippen LogP contribution in [0.1, 0.15) is 0 Å². The van der Waals surface area contributed by atoms with E-state index >= 15 is 0 Å². The quantitative estimate of drug-likeness (QED) is 0.633. The van der Waals surface area contributed by atoms with Gasteiger partial charge in [-0.05, 0) is 6.55 Å². The molecule has 0 amide bonds. The van der Waals surface area contributed by atoms with Crippen molar-refractivity contribution in [2.75, 3.05) is 20.4 Å². The van der Waals surface area contributed by atoms with Crippen LogP contribution in [-0.2, 0) is 9.16 Å². The predicted octanol–water partition coefficient (Wildman–Crippen LogP) is 1.81. The Balaban J connectivity index is 4.33. The highest BCUT2D eigenvalue weighted by atomic mass is 29.3. The summed E-state index contributed by atoms with van der Waals surface area (Å²) in [6.07, 6.45) is 0.833. The van der Waals surface area contributed by atoms with E-state index in [0.717, 1.165) is 6.23 Å². The molecule has 0 aromatic rings. The molecule has 1 atom stereocenters. The fourth-order valence-corrected chi connectivity index (χ4v) is 6.14. The summed E-state index contributed by atoms with van der Waals surface area (Å²) in [5.74, 6) is 0. The molecule has 1 unspecified atom stereocenters. The Morgan fingerprint density at radius 1 is 1.00 bits per heavy atom. The van der Waals surface area contributed by atoms with E-state index in [1.54, 1.807) is 7.11 Å². The highest BCUT2D eigenvalue weighted by Crippen LogP contribution is 2.19. The third-order valence-electron chi connectivity index (χ3n) is 2.46. The summed E-state index contributed by atoms with van der Waals surface area (Å²) < 4.78 is 10.8. The van der Waals surface area contributed by atoms with Gasteiger partial charge in [0.2, 0.25) is 7.83 Å². The fraction of sp³-hybridized carbons (Fsp3) is 1.00. The lowest BCUT2D eigenvalue weighted by molar-refractivity contribution is 0.227. The predicted molar refractivity (Wildman–Crippen MR) is 53.8 cm³/mol. The summed E-state index contributed by atoms with van der Waals surface area (Å²) in [7, 11) is 0.929. The first kappa shape index (κ1) is 11.4. The van der Waals surface area contributed by atoms with E-state index in [0.29, 0.717) is 0 Å². The summed E-state index contributed by atoms with van der Waals surface area (Å²) >= 11 is 0. The lowest BCUT2D eigenvalue weighted by Gasteiger charge is -2.35. The Morgan fingerprint density at radius 2 is 1.45 bits per heavy atom. The van der Waals surface area contributed by atoms with Gasteiger partial charge in [0.05, 0.1) is 13.8 Å². The number of ether oxygens (including phenoxy) is 1. The van der Waals surface area contributed by atoms with Crippen molar-refractivity contribution < 1.29 is 9.16 Å². The SMILES string of the molecule is COC[Si](C)(OC)[Si](C)(C)C. The average molecular weight is 192 g/mol. The van der Waals surface area contributed by atoms with Gasteiger partial charge in [-0.15, -0.1) is 0 Å². The van der Waals surface area contributed by atoms with E-state index < -0.39 is 15.4 Å². The van der Waals surface area contributed by atoms with Crippen LogP contribution < -0.4 is 0 Å². The third-order valence-corrected chi connectivity index (χ3v) is 17.9. The highest BCUT2D eigenvalue weighted by molar-refractivity contribution is 7.38. The molecule has 2 nitrogen and oxygen atoms in total. The molecule has 0 N–H and O–H groups in total. The van der Waals surface area contributed by atoms with Crippen molar-refractivity contribution in [3.8, 4) is 0 Å². The summed E-state index contributed by atoms with van der Waals surface area (Å²) in [6.45, 7) is 9.31. The first-order valence-corrected chi connectivity index (χ1v) is 11.0. The van der Waals surface area contributed by atoms with Crippen LogP contribution in [0.25, 0.3) is 0 Å². The third kappa shape index (κ3) is 2.70. The normalized spacial score (nSPS) is 18.0. The van der Waals surface area contributed by atoms with Crippen LogP contribution >= 0.6 is 0 Å². The maximum atomic E-state index is 5.62.